The molecule has 0 radical (unpaired) electrons. The van der Waals surface area contributed by atoms with E-state index in [1.165, 1.54) is 6.26 Å². The summed E-state index contributed by atoms with van der Waals surface area (Å²) in [6, 6.07) is 3.48. The lowest BCUT2D eigenvalue weighted by molar-refractivity contribution is -0.138. The van der Waals surface area contributed by atoms with Crippen molar-refractivity contribution < 1.29 is 19.1 Å². The van der Waals surface area contributed by atoms with Gasteiger partial charge >= 0.3 is 5.97 Å². The van der Waals surface area contributed by atoms with Crippen molar-refractivity contribution in [2.75, 3.05) is 13.1 Å². The molecule has 0 bridgehead atoms. The highest BCUT2D eigenvalue weighted by atomic mass is 16.4. The second kappa shape index (κ2) is 4.49. The number of carboxylic acid groups (broad SMARTS) is 1. The maximum atomic E-state index is 11.7. The number of nitrogens with zero attached hydrogens (tertiary/aromatic N) is 1. The first-order valence-corrected chi connectivity index (χ1v) is 5.19. The number of Topliss-reactive ketones (excluding diaryl/α,β-unsaturated/α-hetero) is 1. The number of carbonyl (C=O) groups is 2. The summed E-state index contributed by atoms with van der Waals surface area (Å²) in [4.78, 5) is 24.0. The van der Waals surface area contributed by atoms with Crippen LogP contribution in [0, 0.1) is 0 Å². The van der Waals surface area contributed by atoms with E-state index in [4.69, 9.17) is 9.52 Å². The fourth-order valence-electron chi connectivity index (χ4n) is 1.63. The van der Waals surface area contributed by atoms with Gasteiger partial charge in [0.25, 0.3) is 0 Å². The van der Waals surface area contributed by atoms with Crippen molar-refractivity contribution in [2.45, 2.75) is 18.9 Å². The van der Waals surface area contributed by atoms with Gasteiger partial charge in [-0.25, -0.2) is 0 Å². The van der Waals surface area contributed by atoms with E-state index in [9.17, 15) is 9.59 Å². The third-order valence-electron chi connectivity index (χ3n) is 2.54. The van der Waals surface area contributed by atoms with E-state index in [0.717, 1.165) is 12.8 Å². The van der Waals surface area contributed by atoms with E-state index < -0.39 is 5.97 Å². The average molecular weight is 223 g/mol. The van der Waals surface area contributed by atoms with Gasteiger partial charge in [-0.3, -0.25) is 14.5 Å². The zero-order valence-corrected chi connectivity index (χ0v) is 8.76. The zero-order chi connectivity index (χ0) is 11.5. The highest BCUT2D eigenvalue weighted by Crippen LogP contribution is 2.26. The smallest absolute Gasteiger partial charge is 0.317 e. The molecule has 5 heteroatoms. The Bertz CT molecular complexity index is 381. The van der Waals surface area contributed by atoms with Gasteiger partial charge in [0.2, 0.25) is 5.78 Å². The molecule has 1 fully saturated rings. The molecule has 1 heterocycles. The molecule has 2 rings (SSSR count). The van der Waals surface area contributed by atoms with Crippen LogP contribution < -0.4 is 0 Å². The van der Waals surface area contributed by atoms with Gasteiger partial charge in [0.1, 0.15) is 0 Å². The van der Waals surface area contributed by atoms with Gasteiger partial charge < -0.3 is 9.52 Å². The summed E-state index contributed by atoms with van der Waals surface area (Å²) >= 11 is 0. The molecule has 0 unspecified atom stereocenters. The molecule has 5 nitrogen and oxygen atoms in total. The number of carboxylic acids is 1. The quantitative estimate of drug-likeness (QED) is 0.729. The summed E-state index contributed by atoms with van der Waals surface area (Å²) in [5, 5.41) is 8.73. The fourth-order valence-corrected chi connectivity index (χ4v) is 1.63. The highest BCUT2D eigenvalue weighted by molar-refractivity contribution is 5.95. The molecule has 0 saturated heterocycles. The first kappa shape index (κ1) is 10.9. The summed E-state index contributed by atoms with van der Waals surface area (Å²) < 4.78 is 4.98. The largest absolute Gasteiger partial charge is 0.480 e. The molecule has 0 atom stereocenters. The lowest BCUT2D eigenvalue weighted by atomic mass is 10.2. The van der Waals surface area contributed by atoms with E-state index in [0.29, 0.717) is 0 Å². The molecule has 1 aromatic heterocycles. The lowest BCUT2D eigenvalue weighted by Gasteiger charge is -2.17. The zero-order valence-electron chi connectivity index (χ0n) is 8.76. The predicted molar refractivity (Wildman–Crippen MR) is 55.3 cm³/mol. The highest BCUT2D eigenvalue weighted by Gasteiger charge is 2.32. The number of furan rings is 1. The standard InChI is InChI=1S/C11H13NO4/c13-9(10-2-1-5-16-10)6-12(7-11(14)15)8-3-4-8/h1-2,5,8H,3-4,6-7H2,(H,14,15). The minimum Gasteiger partial charge on any atom is -0.480 e. The molecule has 1 aromatic rings. The third-order valence-corrected chi connectivity index (χ3v) is 2.54. The van der Waals surface area contributed by atoms with Crippen molar-refractivity contribution in [3.05, 3.63) is 24.2 Å². The molecule has 0 aromatic carbocycles. The van der Waals surface area contributed by atoms with Crippen LogP contribution in [0.25, 0.3) is 0 Å². The summed E-state index contributed by atoms with van der Waals surface area (Å²) in [7, 11) is 0. The molecule has 1 N–H and O–H groups in total. The van der Waals surface area contributed by atoms with Gasteiger partial charge in [-0.1, -0.05) is 0 Å². The Hall–Kier alpha value is -1.62. The maximum absolute atomic E-state index is 11.7. The molecule has 0 aliphatic heterocycles. The third kappa shape index (κ3) is 2.70. The molecule has 86 valence electrons. The maximum Gasteiger partial charge on any atom is 0.317 e. The summed E-state index contributed by atoms with van der Waals surface area (Å²) in [6.07, 6.45) is 3.38. The molecule has 1 aliphatic rings. The number of rotatable bonds is 6. The Morgan fingerprint density at radius 3 is 2.69 bits per heavy atom. The molecule has 1 aliphatic carbocycles. The molecule has 1 saturated carbocycles. The van der Waals surface area contributed by atoms with Gasteiger partial charge in [-0.15, -0.1) is 0 Å². The molecule has 0 spiro atoms. The second-order valence-corrected chi connectivity index (χ2v) is 3.93. The van der Waals surface area contributed by atoms with Crippen LogP contribution in [-0.4, -0.2) is 40.9 Å². The van der Waals surface area contributed by atoms with E-state index in [-0.39, 0.29) is 30.7 Å². The molecule has 0 amide bonds. The van der Waals surface area contributed by atoms with Crippen molar-refractivity contribution in [1.82, 2.24) is 4.90 Å². The van der Waals surface area contributed by atoms with Crippen molar-refractivity contribution in [2.24, 2.45) is 0 Å². The predicted octanol–water partition coefficient (Wildman–Crippen LogP) is 1.01. The van der Waals surface area contributed by atoms with Crippen LogP contribution in [0.15, 0.2) is 22.8 Å². The summed E-state index contributed by atoms with van der Waals surface area (Å²) in [5.41, 5.74) is 0. The first-order valence-electron chi connectivity index (χ1n) is 5.19. The summed E-state index contributed by atoms with van der Waals surface area (Å²) in [6.45, 7) is 0.0294. The van der Waals surface area contributed by atoms with Gasteiger partial charge in [-0.2, -0.15) is 0 Å². The Kier molecular flexibility index (Phi) is 3.05. The van der Waals surface area contributed by atoms with Crippen LogP contribution in [0.3, 0.4) is 0 Å². The molecule has 16 heavy (non-hydrogen) atoms. The normalized spacial score (nSPS) is 15.3. The summed E-state index contributed by atoms with van der Waals surface area (Å²) in [5.74, 6) is -0.784. The Morgan fingerprint density at radius 2 is 2.19 bits per heavy atom. The van der Waals surface area contributed by atoms with Gasteiger partial charge in [0.15, 0.2) is 5.76 Å². The van der Waals surface area contributed by atoms with E-state index in [1.54, 1.807) is 17.0 Å². The first-order chi connectivity index (χ1) is 7.66. The topological polar surface area (TPSA) is 70.8 Å². The number of carbonyl (C=O) groups excluding carboxylic acids is 1. The van der Waals surface area contributed by atoms with Crippen LogP contribution in [0.2, 0.25) is 0 Å². The van der Waals surface area contributed by atoms with Crippen LogP contribution in [0.5, 0.6) is 0 Å². The van der Waals surface area contributed by atoms with Crippen LogP contribution in [0.4, 0.5) is 0 Å². The molecular formula is C11H13NO4. The van der Waals surface area contributed by atoms with Crippen LogP contribution >= 0.6 is 0 Å². The Balaban J connectivity index is 1.95. The Labute approximate surface area is 92.7 Å². The van der Waals surface area contributed by atoms with Crippen molar-refractivity contribution in [3.8, 4) is 0 Å². The minimum atomic E-state index is -0.904. The fraction of sp³-hybridized carbons (Fsp3) is 0.455. The van der Waals surface area contributed by atoms with Gasteiger partial charge in [0, 0.05) is 6.04 Å². The minimum absolute atomic E-state index is 0.0862. The van der Waals surface area contributed by atoms with Crippen molar-refractivity contribution in [1.29, 1.82) is 0 Å². The number of aliphatic carboxylic acids is 1. The van der Waals surface area contributed by atoms with Crippen LogP contribution in [-0.2, 0) is 4.79 Å². The van der Waals surface area contributed by atoms with Gasteiger partial charge in [0.05, 0.1) is 19.4 Å². The molecular weight excluding hydrogens is 210 g/mol. The van der Waals surface area contributed by atoms with E-state index in [2.05, 4.69) is 0 Å². The number of hydrogen-bond donors (Lipinski definition) is 1. The lowest BCUT2D eigenvalue weighted by Crippen LogP contribution is -2.36. The number of hydrogen-bond acceptors (Lipinski definition) is 4. The van der Waals surface area contributed by atoms with Crippen LogP contribution in [0.1, 0.15) is 23.4 Å². The number of ketones is 1. The second-order valence-electron chi connectivity index (χ2n) is 3.93. The van der Waals surface area contributed by atoms with E-state index in [1.807, 2.05) is 0 Å². The van der Waals surface area contributed by atoms with E-state index >= 15 is 0 Å². The average Bonchev–Trinajstić information content (AvgIpc) is 2.91. The van der Waals surface area contributed by atoms with Crippen molar-refractivity contribution >= 4 is 11.8 Å². The van der Waals surface area contributed by atoms with Crippen molar-refractivity contribution in [3.63, 3.8) is 0 Å². The monoisotopic (exact) mass is 223 g/mol. The van der Waals surface area contributed by atoms with Gasteiger partial charge in [-0.05, 0) is 25.0 Å². The Morgan fingerprint density at radius 1 is 1.44 bits per heavy atom. The SMILES string of the molecule is O=C(O)CN(CC(=O)c1ccco1)C1CC1.